The van der Waals surface area contributed by atoms with Gasteiger partial charge in [0.05, 0.1) is 18.4 Å². The van der Waals surface area contributed by atoms with Gasteiger partial charge in [-0.05, 0) is 31.0 Å². The number of nitrogens with zero attached hydrogens (tertiary/aromatic N) is 3. The van der Waals surface area contributed by atoms with Crippen molar-refractivity contribution in [1.82, 2.24) is 14.8 Å². The summed E-state index contributed by atoms with van der Waals surface area (Å²) in [5, 5.41) is 4.45. The maximum atomic E-state index is 11.5. The molecule has 0 atom stereocenters. The SMILES string of the molecule is CCCCc1ccn(-c2cc(C(=O)OC)ccn2)n1. The molecule has 0 unspecified atom stereocenters. The normalized spacial score (nSPS) is 10.4. The van der Waals surface area contributed by atoms with Crippen molar-refractivity contribution >= 4 is 5.97 Å². The number of carbonyl (C=O) groups excluding carboxylic acids is 1. The highest BCUT2D eigenvalue weighted by Crippen LogP contribution is 2.10. The van der Waals surface area contributed by atoms with Crippen LogP contribution in [0.4, 0.5) is 0 Å². The average Bonchev–Trinajstić information content (AvgIpc) is 2.93. The summed E-state index contributed by atoms with van der Waals surface area (Å²) in [5.41, 5.74) is 1.50. The number of methoxy groups -OCH3 is 1. The number of hydrogen-bond acceptors (Lipinski definition) is 4. The van der Waals surface area contributed by atoms with E-state index in [4.69, 9.17) is 0 Å². The first kappa shape index (κ1) is 13.3. The van der Waals surface area contributed by atoms with E-state index in [1.54, 1.807) is 23.0 Å². The molecule has 2 rings (SSSR count). The molecule has 0 amide bonds. The molecule has 0 aliphatic rings. The Bertz CT molecular complexity index is 563. The highest BCUT2D eigenvalue weighted by Gasteiger charge is 2.08. The van der Waals surface area contributed by atoms with Gasteiger partial charge in [0.25, 0.3) is 0 Å². The Labute approximate surface area is 112 Å². The molecule has 0 aliphatic carbocycles. The topological polar surface area (TPSA) is 57.0 Å². The molecule has 0 N–H and O–H groups in total. The lowest BCUT2D eigenvalue weighted by Gasteiger charge is -2.03. The standard InChI is InChI=1S/C14H17N3O2/c1-3-4-5-12-7-9-17(16-12)13-10-11(6-8-15-13)14(18)19-2/h6-10H,3-5H2,1-2H3. The molecule has 0 fully saturated rings. The van der Waals surface area contributed by atoms with Gasteiger partial charge >= 0.3 is 5.97 Å². The number of hydrogen-bond donors (Lipinski definition) is 0. The number of aryl methyl sites for hydroxylation is 1. The van der Waals surface area contributed by atoms with Crippen molar-refractivity contribution in [2.24, 2.45) is 0 Å². The van der Waals surface area contributed by atoms with Crippen LogP contribution < -0.4 is 0 Å². The van der Waals surface area contributed by atoms with Crippen LogP contribution >= 0.6 is 0 Å². The lowest BCUT2D eigenvalue weighted by molar-refractivity contribution is 0.0600. The summed E-state index contributed by atoms with van der Waals surface area (Å²) >= 11 is 0. The van der Waals surface area contributed by atoms with Gasteiger partial charge in [-0.2, -0.15) is 5.10 Å². The van der Waals surface area contributed by atoms with Gasteiger partial charge in [0.15, 0.2) is 5.82 Å². The molecule has 0 radical (unpaired) electrons. The molecule has 0 aliphatic heterocycles. The van der Waals surface area contributed by atoms with E-state index < -0.39 is 0 Å². The van der Waals surface area contributed by atoms with Crippen LogP contribution in [0.3, 0.4) is 0 Å². The van der Waals surface area contributed by atoms with Crippen LogP contribution in [0.2, 0.25) is 0 Å². The lowest BCUT2D eigenvalue weighted by atomic mass is 10.2. The minimum atomic E-state index is -0.373. The molecule has 0 spiro atoms. The van der Waals surface area contributed by atoms with E-state index in [1.165, 1.54) is 7.11 Å². The van der Waals surface area contributed by atoms with E-state index in [1.807, 2.05) is 12.3 Å². The number of carbonyl (C=O) groups is 1. The highest BCUT2D eigenvalue weighted by molar-refractivity contribution is 5.89. The van der Waals surface area contributed by atoms with E-state index >= 15 is 0 Å². The second-order valence-corrected chi connectivity index (χ2v) is 4.25. The summed E-state index contributed by atoms with van der Waals surface area (Å²) in [5.74, 6) is 0.243. The second-order valence-electron chi connectivity index (χ2n) is 4.25. The highest BCUT2D eigenvalue weighted by atomic mass is 16.5. The van der Waals surface area contributed by atoms with E-state index in [2.05, 4.69) is 21.7 Å². The molecule has 0 saturated heterocycles. The molecule has 2 aromatic rings. The zero-order valence-electron chi connectivity index (χ0n) is 11.2. The molecule has 0 bridgehead atoms. The minimum Gasteiger partial charge on any atom is -0.465 e. The molecular weight excluding hydrogens is 242 g/mol. The van der Waals surface area contributed by atoms with Gasteiger partial charge in [0.1, 0.15) is 0 Å². The average molecular weight is 259 g/mol. The van der Waals surface area contributed by atoms with Crippen molar-refractivity contribution in [1.29, 1.82) is 0 Å². The van der Waals surface area contributed by atoms with Crippen molar-refractivity contribution < 1.29 is 9.53 Å². The van der Waals surface area contributed by atoms with Crippen LogP contribution in [0.5, 0.6) is 0 Å². The van der Waals surface area contributed by atoms with Crippen LogP contribution in [-0.2, 0) is 11.2 Å². The summed E-state index contributed by atoms with van der Waals surface area (Å²) in [6.07, 6.45) is 6.65. The number of aromatic nitrogens is 3. The Kier molecular flexibility index (Phi) is 4.28. The van der Waals surface area contributed by atoms with E-state index in [-0.39, 0.29) is 5.97 Å². The Morgan fingerprint density at radius 3 is 3.00 bits per heavy atom. The third kappa shape index (κ3) is 3.19. The number of rotatable bonds is 5. The van der Waals surface area contributed by atoms with Crippen LogP contribution in [-0.4, -0.2) is 27.8 Å². The van der Waals surface area contributed by atoms with Crippen molar-refractivity contribution in [2.45, 2.75) is 26.2 Å². The monoisotopic (exact) mass is 259 g/mol. The summed E-state index contributed by atoms with van der Waals surface area (Å²) < 4.78 is 6.37. The Morgan fingerprint density at radius 2 is 2.26 bits per heavy atom. The second kappa shape index (κ2) is 6.13. The first-order valence-electron chi connectivity index (χ1n) is 6.34. The van der Waals surface area contributed by atoms with Crippen molar-refractivity contribution in [3.8, 4) is 5.82 Å². The number of esters is 1. The van der Waals surface area contributed by atoms with Gasteiger partial charge in [0.2, 0.25) is 0 Å². The van der Waals surface area contributed by atoms with Crippen LogP contribution in [0.25, 0.3) is 5.82 Å². The van der Waals surface area contributed by atoms with Crippen molar-refractivity contribution in [2.75, 3.05) is 7.11 Å². The van der Waals surface area contributed by atoms with Gasteiger partial charge in [0, 0.05) is 12.4 Å². The molecule has 2 heterocycles. The first-order chi connectivity index (χ1) is 9.24. The maximum Gasteiger partial charge on any atom is 0.338 e. The van der Waals surface area contributed by atoms with Gasteiger partial charge < -0.3 is 4.74 Å². The number of unbranched alkanes of at least 4 members (excludes halogenated alkanes) is 1. The largest absolute Gasteiger partial charge is 0.465 e. The fraction of sp³-hybridized carbons (Fsp3) is 0.357. The molecule has 5 heteroatoms. The predicted molar refractivity (Wildman–Crippen MR) is 71.3 cm³/mol. The molecule has 2 aromatic heterocycles. The van der Waals surface area contributed by atoms with Crippen molar-refractivity contribution in [3.05, 3.63) is 41.9 Å². The summed E-state index contributed by atoms with van der Waals surface area (Å²) in [7, 11) is 1.36. The maximum absolute atomic E-state index is 11.5. The first-order valence-corrected chi connectivity index (χ1v) is 6.34. The number of pyridine rings is 1. The predicted octanol–water partition coefficient (Wildman–Crippen LogP) is 2.40. The minimum absolute atomic E-state index is 0.373. The summed E-state index contributed by atoms with van der Waals surface area (Å²) in [4.78, 5) is 15.7. The van der Waals surface area contributed by atoms with Crippen LogP contribution in [0, 0.1) is 0 Å². The third-order valence-electron chi connectivity index (χ3n) is 2.83. The Hall–Kier alpha value is -2.17. The van der Waals surface area contributed by atoms with Crippen LogP contribution in [0.1, 0.15) is 35.8 Å². The zero-order valence-corrected chi connectivity index (χ0v) is 11.2. The van der Waals surface area contributed by atoms with Crippen LogP contribution in [0.15, 0.2) is 30.6 Å². The third-order valence-corrected chi connectivity index (χ3v) is 2.83. The summed E-state index contributed by atoms with van der Waals surface area (Å²) in [6.45, 7) is 2.15. The van der Waals surface area contributed by atoms with Gasteiger partial charge in [-0.3, -0.25) is 0 Å². The molecular formula is C14H17N3O2. The summed E-state index contributed by atoms with van der Waals surface area (Å²) in [6, 6.07) is 5.27. The molecule has 100 valence electrons. The van der Waals surface area contributed by atoms with E-state index in [9.17, 15) is 4.79 Å². The Morgan fingerprint density at radius 1 is 1.42 bits per heavy atom. The molecule has 5 nitrogen and oxygen atoms in total. The van der Waals surface area contributed by atoms with E-state index in [0.717, 1.165) is 25.0 Å². The Balaban J connectivity index is 2.21. The smallest absolute Gasteiger partial charge is 0.338 e. The number of ether oxygens (including phenoxy) is 1. The van der Waals surface area contributed by atoms with Crippen molar-refractivity contribution in [3.63, 3.8) is 0 Å². The van der Waals surface area contributed by atoms with E-state index in [0.29, 0.717) is 11.4 Å². The van der Waals surface area contributed by atoms with Gasteiger partial charge in [-0.15, -0.1) is 0 Å². The van der Waals surface area contributed by atoms with Gasteiger partial charge in [-0.25, -0.2) is 14.5 Å². The quantitative estimate of drug-likeness (QED) is 0.774. The zero-order chi connectivity index (χ0) is 13.7. The van der Waals surface area contributed by atoms with Gasteiger partial charge in [-0.1, -0.05) is 13.3 Å². The molecule has 19 heavy (non-hydrogen) atoms. The molecule has 0 aromatic carbocycles. The fourth-order valence-corrected chi connectivity index (χ4v) is 1.77. The fourth-order valence-electron chi connectivity index (χ4n) is 1.77. The lowest BCUT2D eigenvalue weighted by Crippen LogP contribution is -2.05. The molecule has 0 saturated carbocycles.